The van der Waals surface area contributed by atoms with Crippen molar-refractivity contribution in [2.24, 2.45) is 5.73 Å². The Bertz CT molecular complexity index is 361. The topological polar surface area (TPSA) is 68.0 Å². The summed E-state index contributed by atoms with van der Waals surface area (Å²) in [7, 11) is 0. The molecule has 0 unspecified atom stereocenters. The first-order chi connectivity index (χ1) is 7.43. The van der Waals surface area contributed by atoms with E-state index in [9.17, 15) is 18.0 Å². The molecule has 0 aliphatic carbocycles. The van der Waals surface area contributed by atoms with Gasteiger partial charge in [0.05, 0.1) is 11.9 Å². The smallest absolute Gasteiger partial charge is 0.330 e. The molecule has 1 aromatic rings. The molecule has 0 aromatic carbocycles. The maximum Gasteiger partial charge on any atom is 0.433 e. The van der Waals surface area contributed by atoms with Crippen molar-refractivity contribution < 1.29 is 18.0 Å². The van der Waals surface area contributed by atoms with Crippen LogP contribution in [0.4, 0.5) is 18.9 Å². The zero-order valence-electron chi connectivity index (χ0n) is 8.21. The molecular formula is C9H10F3N3O. The van der Waals surface area contributed by atoms with Crippen LogP contribution in [0.2, 0.25) is 0 Å². The number of hydrogen-bond donors (Lipinski definition) is 2. The summed E-state index contributed by atoms with van der Waals surface area (Å²) in [5, 5.41) is 2.37. The molecular weight excluding hydrogens is 223 g/mol. The monoisotopic (exact) mass is 233 g/mol. The standard InChI is InChI=1S/C9H10F3N3O/c10-9(11,12)7-2-1-6(5-14-7)15-8(16)3-4-13/h1-2,5H,3-4,13H2,(H,15,16). The van der Waals surface area contributed by atoms with Crippen molar-refractivity contribution in [3.63, 3.8) is 0 Å². The van der Waals surface area contributed by atoms with Gasteiger partial charge in [0.1, 0.15) is 5.69 Å². The van der Waals surface area contributed by atoms with Crippen LogP contribution in [0.15, 0.2) is 18.3 Å². The molecule has 1 amide bonds. The highest BCUT2D eigenvalue weighted by Crippen LogP contribution is 2.27. The molecule has 0 fully saturated rings. The summed E-state index contributed by atoms with van der Waals surface area (Å²) >= 11 is 0. The molecule has 7 heteroatoms. The van der Waals surface area contributed by atoms with Crippen molar-refractivity contribution in [2.45, 2.75) is 12.6 Å². The number of halogens is 3. The average Bonchev–Trinajstić information content (AvgIpc) is 2.17. The molecule has 0 saturated carbocycles. The van der Waals surface area contributed by atoms with Gasteiger partial charge >= 0.3 is 6.18 Å². The zero-order chi connectivity index (χ0) is 12.2. The minimum Gasteiger partial charge on any atom is -0.330 e. The number of nitrogens with zero attached hydrogens (tertiary/aromatic N) is 1. The minimum atomic E-state index is -4.47. The molecule has 0 aliphatic heterocycles. The van der Waals surface area contributed by atoms with Crippen molar-refractivity contribution >= 4 is 11.6 Å². The lowest BCUT2D eigenvalue weighted by molar-refractivity contribution is -0.141. The van der Waals surface area contributed by atoms with Crippen molar-refractivity contribution in [3.05, 3.63) is 24.0 Å². The van der Waals surface area contributed by atoms with Crippen LogP contribution >= 0.6 is 0 Å². The lowest BCUT2D eigenvalue weighted by Gasteiger charge is -2.07. The van der Waals surface area contributed by atoms with Gasteiger partial charge in [-0.2, -0.15) is 13.2 Å². The van der Waals surface area contributed by atoms with Crippen LogP contribution in [0, 0.1) is 0 Å². The Labute approximate surface area is 89.7 Å². The number of aromatic nitrogens is 1. The van der Waals surface area contributed by atoms with Gasteiger partial charge in [0.2, 0.25) is 5.91 Å². The third-order valence-corrected chi connectivity index (χ3v) is 1.71. The molecule has 88 valence electrons. The maximum absolute atomic E-state index is 12.1. The van der Waals surface area contributed by atoms with E-state index in [2.05, 4.69) is 10.3 Å². The van der Waals surface area contributed by atoms with E-state index in [1.165, 1.54) is 0 Å². The van der Waals surface area contributed by atoms with E-state index in [1.807, 2.05) is 0 Å². The first kappa shape index (κ1) is 12.4. The van der Waals surface area contributed by atoms with Crippen molar-refractivity contribution in [1.29, 1.82) is 0 Å². The number of pyridine rings is 1. The van der Waals surface area contributed by atoms with Crippen LogP contribution in [0.25, 0.3) is 0 Å². The fourth-order valence-corrected chi connectivity index (χ4v) is 0.990. The Kier molecular flexibility index (Phi) is 3.83. The van der Waals surface area contributed by atoms with E-state index in [1.54, 1.807) is 0 Å². The Morgan fingerprint density at radius 3 is 2.56 bits per heavy atom. The lowest BCUT2D eigenvalue weighted by Crippen LogP contribution is -2.16. The van der Waals surface area contributed by atoms with Crippen LogP contribution < -0.4 is 11.1 Å². The molecule has 0 aliphatic rings. The van der Waals surface area contributed by atoms with Gasteiger partial charge in [-0.3, -0.25) is 4.79 Å². The summed E-state index contributed by atoms with van der Waals surface area (Å²) < 4.78 is 36.4. The van der Waals surface area contributed by atoms with E-state index in [0.29, 0.717) is 0 Å². The zero-order valence-corrected chi connectivity index (χ0v) is 8.21. The lowest BCUT2D eigenvalue weighted by atomic mass is 10.3. The van der Waals surface area contributed by atoms with E-state index >= 15 is 0 Å². The van der Waals surface area contributed by atoms with Gasteiger partial charge in [-0.15, -0.1) is 0 Å². The highest BCUT2D eigenvalue weighted by Gasteiger charge is 2.32. The second-order valence-corrected chi connectivity index (χ2v) is 3.02. The molecule has 16 heavy (non-hydrogen) atoms. The predicted molar refractivity (Wildman–Crippen MR) is 51.5 cm³/mol. The van der Waals surface area contributed by atoms with Gasteiger partial charge in [0.25, 0.3) is 0 Å². The van der Waals surface area contributed by atoms with Crippen LogP contribution in [0.3, 0.4) is 0 Å². The van der Waals surface area contributed by atoms with Gasteiger partial charge < -0.3 is 11.1 Å². The largest absolute Gasteiger partial charge is 0.433 e. The number of amides is 1. The van der Waals surface area contributed by atoms with Crippen LogP contribution in [0.1, 0.15) is 12.1 Å². The summed E-state index contributed by atoms with van der Waals surface area (Å²) in [4.78, 5) is 14.2. The minimum absolute atomic E-state index is 0.112. The molecule has 4 nitrogen and oxygen atoms in total. The SMILES string of the molecule is NCCC(=O)Nc1ccc(C(F)(F)F)nc1. The summed E-state index contributed by atoms with van der Waals surface area (Å²) in [5.74, 6) is -0.357. The van der Waals surface area contributed by atoms with Crippen molar-refractivity contribution in [3.8, 4) is 0 Å². The molecule has 0 bridgehead atoms. The highest BCUT2D eigenvalue weighted by atomic mass is 19.4. The third kappa shape index (κ3) is 3.50. The first-order valence-corrected chi connectivity index (χ1v) is 4.46. The van der Waals surface area contributed by atoms with Crippen molar-refractivity contribution in [2.75, 3.05) is 11.9 Å². The normalized spacial score (nSPS) is 11.2. The first-order valence-electron chi connectivity index (χ1n) is 4.46. The molecule has 1 rings (SSSR count). The number of nitrogens with two attached hydrogens (primary N) is 1. The summed E-state index contributed by atoms with van der Waals surface area (Å²) in [6.07, 6.45) is -3.40. The highest BCUT2D eigenvalue weighted by molar-refractivity contribution is 5.90. The van der Waals surface area contributed by atoms with Gasteiger partial charge in [-0.05, 0) is 12.1 Å². The second kappa shape index (κ2) is 4.93. The quantitative estimate of drug-likeness (QED) is 0.828. The number of hydrogen-bond acceptors (Lipinski definition) is 3. The number of rotatable bonds is 3. The van der Waals surface area contributed by atoms with Gasteiger partial charge in [0, 0.05) is 13.0 Å². The maximum atomic E-state index is 12.1. The van der Waals surface area contributed by atoms with Crippen molar-refractivity contribution in [1.82, 2.24) is 4.98 Å². The number of anilines is 1. The van der Waals surface area contributed by atoms with Crippen LogP contribution in [-0.2, 0) is 11.0 Å². The molecule has 0 radical (unpaired) electrons. The average molecular weight is 233 g/mol. The van der Waals surface area contributed by atoms with E-state index in [-0.39, 0.29) is 24.6 Å². The second-order valence-electron chi connectivity index (χ2n) is 3.02. The molecule has 1 aromatic heterocycles. The van der Waals surface area contributed by atoms with Crippen LogP contribution in [0.5, 0.6) is 0 Å². The summed E-state index contributed by atoms with van der Waals surface area (Å²) in [6.45, 7) is 0.180. The fourth-order valence-electron chi connectivity index (χ4n) is 0.990. The Balaban J connectivity index is 2.69. The molecule has 3 N–H and O–H groups in total. The third-order valence-electron chi connectivity index (χ3n) is 1.71. The number of alkyl halides is 3. The van der Waals surface area contributed by atoms with E-state index < -0.39 is 11.9 Å². The van der Waals surface area contributed by atoms with E-state index in [4.69, 9.17) is 5.73 Å². The summed E-state index contributed by atoms with van der Waals surface area (Å²) in [5.41, 5.74) is 4.36. The number of nitrogens with one attached hydrogen (secondary N) is 1. The fraction of sp³-hybridized carbons (Fsp3) is 0.333. The molecule has 0 saturated heterocycles. The Morgan fingerprint density at radius 1 is 1.44 bits per heavy atom. The Hall–Kier alpha value is -1.63. The molecule has 0 atom stereocenters. The number of carbonyl (C=O) groups is 1. The van der Waals surface area contributed by atoms with Gasteiger partial charge in [0.15, 0.2) is 0 Å². The predicted octanol–water partition coefficient (Wildman–Crippen LogP) is 1.39. The molecule has 1 heterocycles. The number of carbonyl (C=O) groups excluding carboxylic acids is 1. The van der Waals surface area contributed by atoms with Gasteiger partial charge in [-0.1, -0.05) is 0 Å². The van der Waals surface area contributed by atoms with Gasteiger partial charge in [-0.25, -0.2) is 4.98 Å². The molecule has 0 spiro atoms. The van der Waals surface area contributed by atoms with E-state index in [0.717, 1.165) is 18.3 Å². The summed E-state index contributed by atoms with van der Waals surface area (Å²) in [6, 6.07) is 1.95. The van der Waals surface area contributed by atoms with Crippen LogP contribution in [-0.4, -0.2) is 17.4 Å². The Morgan fingerprint density at radius 2 is 2.12 bits per heavy atom.